The van der Waals surface area contributed by atoms with Gasteiger partial charge in [-0.2, -0.15) is 0 Å². The molecule has 3 aromatic carbocycles. The van der Waals surface area contributed by atoms with Crippen LogP contribution in [0.5, 0.6) is 0 Å². The van der Waals surface area contributed by atoms with E-state index in [1.165, 1.54) is 0 Å². The van der Waals surface area contributed by atoms with Gasteiger partial charge in [-0.15, -0.1) is 0 Å². The van der Waals surface area contributed by atoms with Crippen molar-refractivity contribution in [2.75, 3.05) is 19.8 Å². The minimum Gasteiger partial charge on any atom is -0.385 e. The molecule has 2 heterocycles. The second kappa shape index (κ2) is 13.3. The van der Waals surface area contributed by atoms with Crippen molar-refractivity contribution in [2.24, 2.45) is 0 Å². The Bertz CT molecular complexity index is 1050. The molecule has 0 radical (unpaired) electrons. The molecule has 0 aliphatic carbocycles. The number of aliphatic hydroxyl groups excluding tert-OH is 1. The standard InChI is InChI=1S/C30H34O7/c31-27-29(35-18-24-14-8-3-9-15-24)28(34-17-23-12-6-2-7-13-23)26(37-30(27)36-20-25-19-33-25)21-32-16-22-10-4-1-5-11-22/h1-15,25-31H,16-21H2/t25-,26?,27?,28+,29?,30?/m0/s1. The first-order valence-electron chi connectivity index (χ1n) is 12.8. The Hall–Kier alpha value is -2.62. The molecule has 1 N–H and O–H groups in total. The predicted octanol–water partition coefficient (Wildman–Crippen LogP) is 3.88. The highest BCUT2D eigenvalue weighted by atomic mass is 16.7. The van der Waals surface area contributed by atoms with E-state index in [-0.39, 0.29) is 12.7 Å². The lowest BCUT2D eigenvalue weighted by Gasteiger charge is -2.44. The molecule has 5 rings (SSSR count). The second-order valence-corrected chi connectivity index (χ2v) is 9.35. The lowest BCUT2D eigenvalue weighted by atomic mass is 9.98. The van der Waals surface area contributed by atoms with Crippen molar-refractivity contribution in [3.63, 3.8) is 0 Å². The van der Waals surface area contributed by atoms with Crippen LogP contribution >= 0.6 is 0 Å². The molecule has 0 amide bonds. The normalized spacial score (nSPS) is 27.2. The molecule has 2 aliphatic rings. The Morgan fingerprint density at radius 3 is 1.70 bits per heavy atom. The summed E-state index contributed by atoms with van der Waals surface area (Å²) < 4.78 is 36.2. The van der Waals surface area contributed by atoms with Gasteiger partial charge in [0.25, 0.3) is 0 Å². The minimum absolute atomic E-state index is 0.0410. The van der Waals surface area contributed by atoms with Crippen LogP contribution in [-0.2, 0) is 48.2 Å². The van der Waals surface area contributed by atoms with Crippen LogP contribution in [0, 0.1) is 0 Å². The molecule has 0 bridgehead atoms. The van der Waals surface area contributed by atoms with Gasteiger partial charge < -0.3 is 33.5 Å². The lowest BCUT2D eigenvalue weighted by molar-refractivity contribution is -0.319. The Morgan fingerprint density at radius 1 is 0.649 bits per heavy atom. The summed E-state index contributed by atoms with van der Waals surface area (Å²) in [6.07, 6.45) is -3.67. The summed E-state index contributed by atoms with van der Waals surface area (Å²) >= 11 is 0. The van der Waals surface area contributed by atoms with Crippen LogP contribution in [0.15, 0.2) is 91.0 Å². The van der Waals surface area contributed by atoms with Gasteiger partial charge in [0.1, 0.15) is 30.5 Å². The number of rotatable bonds is 13. The largest absolute Gasteiger partial charge is 0.385 e. The number of ether oxygens (including phenoxy) is 6. The number of hydrogen-bond donors (Lipinski definition) is 1. The zero-order valence-electron chi connectivity index (χ0n) is 20.8. The van der Waals surface area contributed by atoms with E-state index in [9.17, 15) is 5.11 Å². The van der Waals surface area contributed by atoms with Gasteiger partial charge in [0.05, 0.1) is 39.6 Å². The highest BCUT2D eigenvalue weighted by Gasteiger charge is 2.48. The zero-order chi connectivity index (χ0) is 25.3. The molecule has 7 heteroatoms. The van der Waals surface area contributed by atoms with E-state index >= 15 is 0 Å². The number of epoxide rings is 1. The SMILES string of the molecule is OC1C(OC[C@@H]2CO2)OC(COCc2ccccc2)[C@@H](OCc2ccccc2)C1OCc1ccccc1. The third-order valence-electron chi connectivity index (χ3n) is 6.43. The summed E-state index contributed by atoms with van der Waals surface area (Å²) in [6.45, 7) is 2.37. The highest BCUT2D eigenvalue weighted by molar-refractivity contribution is 5.15. The van der Waals surface area contributed by atoms with Gasteiger partial charge in [-0.3, -0.25) is 0 Å². The van der Waals surface area contributed by atoms with Gasteiger partial charge in [-0.1, -0.05) is 91.0 Å². The summed E-state index contributed by atoms with van der Waals surface area (Å²) in [5.41, 5.74) is 3.09. The van der Waals surface area contributed by atoms with E-state index in [0.29, 0.717) is 33.0 Å². The molecule has 6 atom stereocenters. The van der Waals surface area contributed by atoms with Gasteiger partial charge in [0.2, 0.25) is 0 Å². The lowest BCUT2D eigenvalue weighted by Crippen LogP contribution is -2.61. The average molecular weight is 507 g/mol. The molecule has 0 aromatic heterocycles. The maximum Gasteiger partial charge on any atom is 0.186 e. The Labute approximate surface area is 217 Å². The first-order valence-corrected chi connectivity index (χ1v) is 12.8. The van der Waals surface area contributed by atoms with Crippen molar-refractivity contribution in [2.45, 2.75) is 56.6 Å². The Balaban J connectivity index is 1.32. The molecule has 0 spiro atoms. The summed E-state index contributed by atoms with van der Waals surface area (Å²) in [7, 11) is 0. The van der Waals surface area contributed by atoms with Gasteiger partial charge in [-0.25, -0.2) is 0 Å². The van der Waals surface area contributed by atoms with Gasteiger partial charge in [-0.05, 0) is 16.7 Å². The van der Waals surface area contributed by atoms with Crippen LogP contribution < -0.4 is 0 Å². The number of aliphatic hydroxyl groups is 1. The first kappa shape index (κ1) is 26.0. The van der Waals surface area contributed by atoms with Gasteiger partial charge >= 0.3 is 0 Å². The molecule has 3 aromatic rings. The van der Waals surface area contributed by atoms with Crippen molar-refractivity contribution in [1.82, 2.24) is 0 Å². The third kappa shape index (κ3) is 7.69. The minimum atomic E-state index is -1.05. The van der Waals surface area contributed by atoms with E-state index in [1.807, 2.05) is 91.0 Å². The van der Waals surface area contributed by atoms with Crippen molar-refractivity contribution in [1.29, 1.82) is 0 Å². The van der Waals surface area contributed by atoms with Crippen LogP contribution in [0.3, 0.4) is 0 Å². The maximum absolute atomic E-state index is 11.3. The van der Waals surface area contributed by atoms with Crippen LogP contribution in [0.4, 0.5) is 0 Å². The molecule has 196 valence electrons. The van der Waals surface area contributed by atoms with E-state index in [4.69, 9.17) is 28.4 Å². The van der Waals surface area contributed by atoms with Gasteiger partial charge in [0, 0.05) is 0 Å². The first-order chi connectivity index (χ1) is 18.3. The van der Waals surface area contributed by atoms with Crippen LogP contribution in [-0.4, -0.2) is 61.7 Å². The van der Waals surface area contributed by atoms with Gasteiger partial charge in [0.15, 0.2) is 6.29 Å². The van der Waals surface area contributed by atoms with E-state index in [0.717, 1.165) is 16.7 Å². The fourth-order valence-electron chi connectivity index (χ4n) is 4.33. The monoisotopic (exact) mass is 506 g/mol. The van der Waals surface area contributed by atoms with E-state index < -0.39 is 30.7 Å². The van der Waals surface area contributed by atoms with Crippen LogP contribution in [0.25, 0.3) is 0 Å². The topological polar surface area (TPSA) is 78.9 Å². The Kier molecular flexibility index (Phi) is 9.32. The highest BCUT2D eigenvalue weighted by Crippen LogP contribution is 2.29. The molecule has 2 aliphatic heterocycles. The average Bonchev–Trinajstić information content (AvgIpc) is 3.78. The third-order valence-corrected chi connectivity index (χ3v) is 6.43. The van der Waals surface area contributed by atoms with Crippen LogP contribution in [0.2, 0.25) is 0 Å². The molecular weight excluding hydrogens is 472 g/mol. The molecule has 2 saturated heterocycles. The summed E-state index contributed by atoms with van der Waals surface area (Å²) in [4.78, 5) is 0. The van der Waals surface area contributed by atoms with Crippen LogP contribution in [0.1, 0.15) is 16.7 Å². The molecule has 7 nitrogen and oxygen atoms in total. The molecule has 2 fully saturated rings. The summed E-state index contributed by atoms with van der Waals surface area (Å²) in [5, 5.41) is 11.3. The maximum atomic E-state index is 11.3. The molecule has 37 heavy (non-hydrogen) atoms. The van der Waals surface area contributed by atoms with E-state index in [2.05, 4.69) is 0 Å². The fraction of sp³-hybridized carbons (Fsp3) is 0.400. The Morgan fingerprint density at radius 2 is 1.16 bits per heavy atom. The second-order valence-electron chi connectivity index (χ2n) is 9.35. The van der Waals surface area contributed by atoms with Crippen molar-refractivity contribution >= 4 is 0 Å². The number of hydrogen-bond acceptors (Lipinski definition) is 7. The van der Waals surface area contributed by atoms with E-state index in [1.54, 1.807) is 0 Å². The molecule has 0 saturated carbocycles. The predicted molar refractivity (Wildman–Crippen MR) is 136 cm³/mol. The summed E-state index contributed by atoms with van der Waals surface area (Å²) in [5.74, 6) is 0. The fourth-order valence-corrected chi connectivity index (χ4v) is 4.33. The summed E-state index contributed by atoms with van der Waals surface area (Å²) in [6, 6.07) is 29.7. The zero-order valence-corrected chi connectivity index (χ0v) is 20.8. The quantitative estimate of drug-likeness (QED) is 0.353. The number of benzene rings is 3. The van der Waals surface area contributed by atoms with Crippen molar-refractivity contribution < 1.29 is 33.5 Å². The van der Waals surface area contributed by atoms with Crippen molar-refractivity contribution in [3.8, 4) is 0 Å². The van der Waals surface area contributed by atoms with Crippen molar-refractivity contribution in [3.05, 3.63) is 108 Å². The molecule has 4 unspecified atom stereocenters. The molecular formula is C30H34O7. The smallest absolute Gasteiger partial charge is 0.186 e.